The van der Waals surface area contributed by atoms with Crippen LogP contribution in [-0.4, -0.2) is 29.3 Å². The van der Waals surface area contributed by atoms with Gasteiger partial charge < -0.3 is 10.6 Å². The van der Waals surface area contributed by atoms with Crippen LogP contribution in [-0.2, 0) is 16.0 Å². The van der Waals surface area contributed by atoms with Crippen molar-refractivity contribution in [3.8, 4) is 0 Å². The summed E-state index contributed by atoms with van der Waals surface area (Å²) in [4.78, 5) is 25.0. The molecule has 2 rings (SSSR count). The SMILES string of the molecule is NC(=O)[C@@H]1CCCN1C(=O)CCCc1ccccc1. The standard InChI is InChI=1S/C15H20N2O2/c16-15(19)13-9-5-11-17(13)14(18)10-4-8-12-6-2-1-3-7-12/h1-3,6-7,13H,4-5,8-11H2,(H2,16,19)/t13-/m0/s1. The van der Waals surface area contributed by atoms with E-state index in [0.29, 0.717) is 19.4 Å². The first kappa shape index (κ1) is 13.6. The van der Waals surface area contributed by atoms with E-state index < -0.39 is 0 Å². The van der Waals surface area contributed by atoms with Crippen molar-refractivity contribution < 1.29 is 9.59 Å². The number of carbonyl (C=O) groups excluding carboxylic acids is 2. The Bertz CT molecular complexity index is 445. The Morgan fingerprint density at radius 1 is 1.26 bits per heavy atom. The molecule has 1 saturated heterocycles. The first-order valence-electron chi connectivity index (χ1n) is 6.81. The fourth-order valence-electron chi connectivity index (χ4n) is 2.59. The molecule has 0 bridgehead atoms. The smallest absolute Gasteiger partial charge is 0.240 e. The quantitative estimate of drug-likeness (QED) is 0.871. The largest absolute Gasteiger partial charge is 0.368 e. The molecule has 1 aromatic rings. The van der Waals surface area contributed by atoms with Crippen molar-refractivity contribution in [1.82, 2.24) is 4.90 Å². The second-order valence-electron chi connectivity index (χ2n) is 4.99. The van der Waals surface area contributed by atoms with E-state index in [4.69, 9.17) is 5.73 Å². The zero-order valence-corrected chi connectivity index (χ0v) is 11.0. The van der Waals surface area contributed by atoms with E-state index in [1.165, 1.54) is 5.56 Å². The number of primary amides is 1. The van der Waals surface area contributed by atoms with Crippen LogP contribution >= 0.6 is 0 Å². The molecule has 102 valence electrons. The van der Waals surface area contributed by atoms with E-state index in [2.05, 4.69) is 12.1 Å². The van der Waals surface area contributed by atoms with Crippen molar-refractivity contribution in [3.63, 3.8) is 0 Å². The van der Waals surface area contributed by atoms with E-state index in [1.807, 2.05) is 18.2 Å². The summed E-state index contributed by atoms with van der Waals surface area (Å²) in [5, 5.41) is 0. The van der Waals surface area contributed by atoms with E-state index in [1.54, 1.807) is 4.90 Å². The number of nitrogens with zero attached hydrogens (tertiary/aromatic N) is 1. The third-order valence-corrected chi connectivity index (χ3v) is 3.60. The molecule has 1 aliphatic rings. The van der Waals surface area contributed by atoms with Crippen LogP contribution in [0.1, 0.15) is 31.2 Å². The molecule has 1 atom stereocenters. The number of rotatable bonds is 5. The molecule has 0 aromatic heterocycles. The predicted molar refractivity (Wildman–Crippen MR) is 73.3 cm³/mol. The van der Waals surface area contributed by atoms with Gasteiger partial charge in [-0.25, -0.2) is 0 Å². The highest BCUT2D eigenvalue weighted by molar-refractivity contribution is 5.87. The van der Waals surface area contributed by atoms with Gasteiger partial charge >= 0.3 is 0 Å². The Balaban J connectivity index is 1.80. The lowest BCUT2D eigenvalue weighted by molar-refractivity contribution is -0.137. The van der Waals surface area contributed by atoms with E-state index >= 15 is 0 Å². The molecule has 1 aliphatic heterocycles. The Hall–Kier alpha value is -1.84. The fourth-order valence-corrected chi connectivity index (χ4v) is 2.59. The summed E-state index contributed by atoms with van der Waals surface area (Å²) < 4.78 is 0. The Morgan fingerprint density at radius 3 is 2.68 bits per heavy atom. The van der Waals surface area contributed by atoms with Gasteiger partial charge in [0.25, 0.3) is 0 Å². The van der Waals surface area contributed by atoms with Gasteiger partial charge in [0, 0.05) is 13.0 Å². The van der Waals surface area contributed by atoms with Crippen molar-refractivity contribution >= 4 is 11.8 Å². The Kier molecular flexibility index (Phi) is 4.55. The van der Waals surface area contributed by atoms with Gasteiger partial charge in [-0.1, -0.05) is 30.3 Å². The van der Waals surface area contributed by atoms with Gasteiger partial charge in [0.05, 0.1) is 0 Å². The molecule has 0 saturated carbocycles. The van der Waals surface area contributed by atoms with Crippen LogP contribution in [0.5, 0.6) is 0 Å². The monoisotopic (exact) mass is 260 g/mol. The molecular formula is C15H20N2O2. The molecule has 0 unspecified atom stereocenters. The number of carbonyl (C=O) groups is 2. The Labute approximate surface area is 113 Å². The summed E-state index contributed by atoms with van der Waals surface area (Å²) in [6.45, 7) is 0.664. The summed E-state index contributed by atoms with van der Waals surface area (Å²) in [7, 11) is 0. The average molecular weight is 260 g/mol. The van der Waals surface area contributed by atoms with Gasteiger partial charge in [-0.05, 0) is 31.2 Å². The molecule has 2 amide bonds. The summed E-state index contributed by atoms with van der Waals surface area (Å²) in [6.07, 6.45) is 3.77. The maximum atomic E-state index is 12.1. The maximum Gasteiger partial charge on any atom is 0.240 e. The average Bonchev–Trinajstić information content (AvgIpc) is 2.89. The highest BCUT2D eigenvalue weighted by Crippen LogP contribution is 2.18. The van der Waals surface area contributed by atoms with E-state index in [9.17, 15) is 9.59 Å². The van der Waals surface area contributed by atoms with Gasteiger partial charge in [-0.2, -0.15) is 0 Å². The van der Waals surface area contributed by atoms with Gasteiger partial charge in [0.1, 0.15) is 6.04 Å². The van der Waals surface area contributed by atoms with Gasteiger partial charge in [0.2, 0.25) is 11.8 Å². The number of likely N-dealkylation sites (tertiary alicyclic amines) is 1. The van der Waals surface area contributed by atoms with Crippen LogP contribution in [0.4, 0.5) is 0 Å². The lowest BCUT2D eigenvalue weighted by Crippen LogP contribution is -2.43. The molecule has 0 aliphatic carbocycles. The lowest BCUT2D eigenvalue weighted by atomic mass is 10.1. The van der Waals surface area contributed by atoms with Crippen LogP contribution in [0.15, 0.2) is 30.3 Å². The van der Waals surface area contributed by atoms with Gasteiger partial charge in [-0.3, -0.25) is 9.59 Å². The lowest BCUT2D eigenvalue weighted by Gasteiger charge is -2.22. The second-order valence-corrected chi connectivity index (χ2v) is 4.99. The number of nitrogens with two attached hydrogens (primary N) is 1. The molecular weight excluding hydrogens is 240 g/mol. The Morgan fingerprint density at radius 2 is 2.00 bits per heavy atom. The fraction of sp³-hybridized carbons (Fsp3) is 0.467. The van der Waals surface area contributed by atoms with Gasteiger partial charge in [0.15, 0.2) is 0 Å². The molecule has 19 heavy (non-hydrogen) atoms. The summed E-state index contributed by atoms with van der Waals surface area (Å²) in [6, 6.07) is 9.72. The van der Waals surface area contributed by atoms with Crippen LogP contribution in [0.25, 0.3) is 0 Å². The highest BCUT2D eigenvalue weighted by Gasteiger charge is 2.31. The molecule has 2 N–H and O–H groups in total. The minimum absolute atomic E-state index is 0.0530. The number of hydrogen-bond donors (Lipinski definition) is 1. The zero-order chi connectivity index (χ0) is 13.7. The zero-order valence-electron chi connectivity index (χ0n) is 11.0. The predicted octanol–water partition coefficient (Wildman–Crippen LogP) is 1.49. The van der Waals surface area contributed by atoms with Crippen LogP contribution in [0.2, 0.25) is 0 Å². The topological polar surface area (TPSA) is 63.4 Å². The van der Waals surface area contributed by atoms with Crippen LogP contribution in [0, 0.1) is 0 Å². The maximum absolute atomic E-state index is 12.1. The van der Waals surface area contributed by atoms with Crippen molar-refractivity contribution in [3.05, 3.63) is 35.9 Å². The molecule has 1 heterocycles. The van der Waals surface area contributed by atoms with Crippen molar-refractivity contribution in [2.24, 2.45) is 5.73 Å². The summed E-state index contributed by atoms with van der Waals surface area (Å²) >= 11 is 0. The molecule has 0 radical (unpaired) electrons. The minimum atomic E-state index is -0.385. The second kappa shape index (κ2) is 6.36. The van der Waals surface area contributed by atoms with Crippen molar-refractivity contribution in [1.29, 1.82) is 0 Å². The molecule has 4 heteroatoms. The number of amides is 2. The van der Waals surface area contributed by atoms with Crippen LogP contribution in [0.3, 0.4) is 0 Å². The third-order valence-electron chi connectivity index (χ3n) is 3.60. The van der Waals surface area contributed by atoms with Gasteiger partial charge in [-0.15, -0.1) is 0 Å². The molecule has 1 fully saturated rings. The molecule has 4 nitrogen and oxygen atoms in total. The number of aryl methyl sites for hydroxylation is 1. The first-order chi connectivity index (χ1) is 9.18. The van der Waals surface area contributed by atoms with E-state index in [0.717, 1.165) is 19.3 Å². The van der Waals surface area contributed by atoms with Crippen molar-refractivity contribution in [2.45, 2.75) is 38.1 Å². The number of hydrogen-bond acceptors (Lipinski definition) is 2. The van der Waals surface area contributed by atoms with E-state index in [-0.39, 0.29) is 17.9 Å². The first-order valence-corrected chi connectivity index (χ1v) is 6.81. The normalized spacial score (nSPS) is 18.5. The molecule has 0 spiro atoms. The molecule has 1 aromatic carbocycles. The number of benzene rings is 1. The third kappa shape index (κ3) is 3.56. The minimum Gasteiger partial charge on any atom is -0.368 e. The highest BCUT2D eigenvalue weighted by atomic mass is 16.2. The van der Waals surface area contributed by atoms with Crippen molar-refractivity contribution in [2.75, 3.05) is 6.54 Å². The summed E-state index contributed by atoms with van der Waals surface area (Å²) in [5.74, 6) is -0.328. The van der Waals surface area contributed by atoms with Crippen LogP contribution < -0.4 is 5.73 Å². The summed E-state index contributed by atoms with van der Waals surface area (Å²) in [5.41, 5.74) is 6.55.